The summed E-state index contributed by atoms with van der Waals surface area (Å²) in [5, 5.41) is 14.8. The minimum Gasteiger partial charge on any atom is -0.480 e. The summed E-state index contributed by atoms with van der Waals surface area (Å²) < 4.78 is 35.8. The third kappa shape index (κ3) is 6.57. The number of amides is 1. The maximum absolute atomic E-state index is 12.3. The van der Waals surface area contributed by atoms with Crippen LogP contribution in [0.25, 0.3) is 0 Å². The highest BCUT2D eigenvalue weighted by molar-refractivity contribution is 7.83. The fraction of sp³-hybridized carbons (Fsp3) is 0.500. The monoisotopic (exact) mass is 396 g/mol. The normalized spacial score (nSPS) is 14.6. The summed E-state index contributed by atoms with van der Waals surface area (Å²) in [5.74, 6) is -2.78. The predicted molar refractivity (Wildman–Crippen MR) is 86.2 cm³/mol. The number of hydrogen-bond donors (Lipinski definition) is 5. The summed E-state index contributed by atoms with van der Waals surface area (Å²) >= 11 is 0.782. The number of rotatable bonds is 9. The molecule has 0 unspecified atom stereocenters. The van der Waals surface area contributed by atoms with Crippen LogP contribution in [0.5, 0.6) is 0 Å². The minimum atomic E-state index is -4.68. The van der Waals surface area contributed by atoms with Gasteiger partial charge >= 0.3 is 16.3 Å². The van der Waals surface area contributed by atoms with Gasteiger partial charge in [0.1, 0.15) is 12.6 Å². The van der Waals surface area contributed by atoms with Crippen LogP contribution in [0.4, 0.5) is 5.13 Å². The number of carbonyl (C=O) groups is 2. The second-order valence-electron chi connectivity index (χ2n) is 4.48. The van der Waals surface area contributed by atoms with Crippen LogP contribution in [0.15, 0.2) is 5.16 Å². The molecule has 1 rings (SSSR count). The van der Waals surface area contributed by atoms with Gasteiger partial charge in [0, 0.05) is 11.5 Å². The second-order valence-corrected chi connectivity index (χ2v) is 6.45. The highest BCUT2D eigenvalue weighted by atomic mass is 32.2. The number of aromatic nitrogens is 2. The van der Waals surface area contributed by atoms with E-state index in [1.54, 1.807) is 11.6 Å². The van der Waals surface area contributed by atoms with E-state index < -0.39 is 40.0 Å². The molecule has 0 radical (unpaired) electrons. The lowest BCUT2D eigenvalue weighted by Crippen LogP contribution is -2.55. The Balaban J connectivity index is 3.04. The highest BCUT2D eigenvalue weighted by Crippen LogP contribution is 2.08. The third-order valence-electron chi connectivity index (χ3n) is 2.54. The van der Waals surface area contributed by atoms with Crippen LogP contribution in [-0.4, -0.2) is 63.7 Å². The smallest absolute Gasteiger partial charge is 0.333 e. The quantitative estimate of drug-likeness (QED) is 0.180. The van der Waals surface area contributed by atoms with Crippen molar-refractivity contribution in [1.82, 2.24) is 19.4 Å². The molecule has 1 aromatic rings. The predicted octanol–water partition coefficient (Wildman–Crippen LogP) is -1.79. The fourth-order valence-corrected chi connectivity index (χ4v) is 2.60. The highest BCUT2D eigenvalue weighted by Gasteiger charge is 2.32. The zero-order chi connectivity index (χ0) is 19.2. The zero-order valence-corrected chi connectivity index (χ0v) is 14.7. The summed E-state index contributed by atoms with van der Waals surface area (Å²) in [5.41, 5.74) is 4.99. The fourth-order valence-electron chi connectivity index (χ4n) is 1.56. The average Bonchev–Trinajstić information content (AvgIpc) is 2.89. The molecule has 0 bridgehead atoms. The lowest BCUT2D eigenvalue weighted by atomic mass is 10.1. The number of hydrogen-bond acceptors (Lipinski definition) is 10. The number of anilines is 1. The van der Waals surface area contributed by atoms with Gasteiger partial charge in [0.15, 0.2) is 5.13 Å². The third-order valence-corrected chi connectivity index (χ3v) is 3.75. The number of nitrogens with one attached hydrogen (secondary N) is 2. The van der Waals surface area contributed by atoms with Crippen LogP contribution >= 0.6 is 11.5 Å². The number of carbonyl (C=O) groups excluding carboxylic acids is 1. The molecule has 1 amide bonds. The van der Waals surface area contributed by atoms with Crippen LogP contribution in [0.2, 0.25) is 0 Å². The van der Waals surface area contributed by atoms with Crippen LogP contribution in [0.3, 0.4) is 0 Å². The first-order valence-electron chi connectivity index (χ1n) is 6.63. The largest absolute Gasteiger partial charge is 0.480 e. The molecule has 1 heterocycles. The Morgan fingerprint density at radius 1 is 1.48 bits per heavy atom. The van der Waals surface area contributed by atoms with Crippen molar-refractivity contribution in [3.8, 4) is 0 Å². The van der Waals surface area contributed by atoms with Crippen molar-refractivity contribution < 1.29 is 32.5 Å². The number of aliphatic carboxylic acids is 1. The van der Waals surface area contributed by atoms with Crippen LogP contribution in [-0.2, 0) is 24.7 Å². The van der Waals surface area contributed by atoms with Gasteiger partial charge < -0.3 is 21.0 Å². The van der Waals surface area contributed by atoms with E-state index in [0.717, 1.165) is 18.5 Å². The molecule has 0 spiro atoms. The Kier molecular flexibility index (Phi) is 7.16. The van der Waals surface area contributed by atoms with E-state index in [2.05, 4.69) is 19.8 Å². The van der Waals surface area contributed by atoms with Crippen molar-refractivity contribution >= 4 is 44.6 Å². The zero-order valence-electron chi connectivity index (χ0n) is 13.0. The molecule has 6 N–H and O–H groups in total. The second kappa shape index (κ2) is 8.65. The van der Waals surface area contributed by atoms with Crippen molar-refractivity contribution in [3.05, 3.63) is 5.82 Å². The number of nitrogen functional groups attached to an aromatic ring is 1. The van der Waals surface area contributed by atoms with E-state index >= 15 is 0 Å². The molecular weight excluding hydrogens is 380 g/mol. The van der Waals surface area contributed by atoms with Crippen LogP contribution < -0.4 is 15.8 Å². The molecule has 1 aromatic heterocycles. The number of nitrogens with zero attached hydrogens (tertiary/aromatic N) is 3. The van der Waals surface area contributed by atoms with Crippen LogP contribution in [0.1, 0.15) is 19.7 Å². The summed E-state index contributed by atoms with van der Waals surface area (Å²) in [6.07, 6.45) is 0. The van der Waals surface area contributed by atoms with Crippen molar-refractivity contribution in [2.75, 3.05) is 12.3 Å². The molecule has 140 valence electrons. The van der Waals surface area contributed by atoms with Gasteiger partial charge in [-0.05, 0) is 13.8 Å². The van der Waals surface area contributed by atoms with E-state index in [9.17, 15) is 23.1 Å². The Bertz CT molecular complexity index is 762. The Labute approximate surface area is 146 Å². The van der Waals surface area contributed by atoms with Gasteiger partial charge in [0.05, 0.1) is 6.04 Å². The molecule has 0 saturated heterocycles. The first-order valence-corrected chi connectivity index (χ1v) is 8.84. The van der Waals surface area contributed by atoms with E-state index in [4.69, 9.17) is 15.1 Å². The summed E-state index contributed by atoms with van der Waals surface area (Å²) in [7, 11) is -4.68. The number of oxime groups is 1. The molecule has 2 atom stereocenters. The standard InChI is InChI=1S/C10H16N6O7S2/c1-3-23-14-6(7-13-10(11)24-15-7)8(17)12-5(9(18)19)4(2)16-25(20,21)22/h4-5,16H,3H2,1-2H3,(H,12,17)(H,18,19)(H2,11,13,15)(H,20,21,22)/b14-6-/t4-,5-/m0/s1. The summed E-state index contributed by atoms with van der Waals surface area (Å²) in [6.45, 7) is 2.84. The number of carboxylic acid groups (broad SMARTS) is 1. The molecule has 25 heavy (non-hydrogen) atoms. The van der Waals surface area contributed by atoms with Gasteiger partial charge in [-0.25, -0.2) is 4.79 Å². The van der Waals surface area contributed by atoms with Crippen molar-refractivity contribution in [2.24, 2.45) is 5.16 Å². The van der Waals surface area contributed by atoms with Gasteiger partial charge in [0.2, 0.25) is 11.5 Å². The lowest BCUT2D eigenvalue weighted by molar-refractivity contribution is -0.141. The molecular formula is C10H16N6O7S2. The first-order chi connectivity index (χ1) is 11.5. The van der Waals surface area contributed by atoms with Crippen molar-refractivity contribution in [3.63, 3.8) is 0 Å². The molecule has 13 nitrogen and oxygen atoms in total. The van der Waals surface area contributed by atoms with E-state index in [-0.39, 0.29) is 17.6 Å². The number of nitrogens with two attached hydrogens (primary N) is 1. The van der Waals surface area contributed by atoms with Crippen LogP contribution in [0, 0.1) is 0 Å². The Morgan fingerprint density at radius 3 is 2.56 bits per heavy atom. The molecule has 0 fully saturated rings. The first kappa shape index (κ1) is 20.7. The Hall–Kier alpha value is -2.36. The van der Waals surface area contributed by atoms with Crippen molar-refractivity contribution in [2.45, 2.75) is 25.9 Å². The topological polar surface area (TPSA) is 206 Å². The Morgan fingerprint density at radius 2 is 2.12 bits per heavy atom. The van der Waals surface area contributed by atoms with Gasteiger partial charge in [-0.15, -0.1) is 0 Å². The molecule has 0 aliphatic rings. The SMILES string of the molecule is CCO/N=C(\C(=O)N[C@H](C(=O)O)[C@H](C)NS(=O)(=O)O)c1nsc(N)n1. The molecule has 15 heteroatoms. The lowest BCUT2D eigenvalue weighted by Gasteiger charge is -2.21. The van der Waals surface area contributed by atoms with Crippen molar-refractivity contribution in [1.29, 1.82) is 0 Å². The number of carboxylic acids is 1. The maximum atomic E-state index is 12.3. The molecule has 0 aromatic carbocycles. The van der Waals surface area contributed by atoms with Gasteiger partial charge in [-0.1, -0.05) is 5.16 Å². The van der Waals surface area contributed by atoms with Gasteiger partial charge in [0.25, 0.3) is 5.91 Å². The summed E-state index contributed by atoms with van der Waals surface area (Å²) in [6, 6.07) is -3.10. The average molecular weight is 396 g/mol. The minimum absolute atomic E-state index is 0.0446. The van der Waals surface area contributed by atoms with E-state index in [0.29, 0.717) is 0 Å². The summed E-state index contributed by atoms with van der Waals surface area (Å²) in [4.78, 5) is 32.1. The van der Waals surface area contributed by atoms with Gasteiger partial charge in [-0.3, -0.25) is 9.35 Å². The maximum Gasteiger partial charge on any atom is 0.333 e. The molecule has 0 saturated carbocycles. The van der Waals surface area contributed by atoms with E-state index in [1.807, 2.05) is 0 Å². The van der Waals surface area contributed by atoms with E-state index in [1.165, 1.54) is 0 Å². The van der Waals surface area contributed by atoms with Gasteiger partial charge in [-0.2, -0.15) is 22.5 Å². The molecule has 0 aliphatic carbocycles. The molecule has 0 aliphatic heterocycles.